The molecule has 0 unspecified atom stereocenters. The number of hydrogen-bond donors (Lipinski definition) is 2. The zero-order chi connectivity index (χ0) is 14.4. The Morgan fingerprint density at radius 3 is 2.65 bits per heavy atom. The highest BCUT2D eigenvalue weighted by Crippen LogP contribution is 2.16. The Morgan fingerprint density at radius 1 is 1.20 bits per heavy atom. The van der Waals surface area contributed by atoms with Gasteiger partial charge >= 0.3 is 0 Å². The van der Waals surface area contributed by atoms with E-state index >= 15 is 0 Å². The summed E-state index contributed by atoms with van der Waals surface area (Å²) in [5.74, 6) is 0.371. The highest BCUT2D eigenvalue weighted by molar-refractivity contribution is 6.31. The molecule has 104 valence electrons. The molecule has 0 atom stereocenters. The van der Waals surface area contributed by atoms with Crippen LogP contribution in [0.25, 0.3) is 0 Å². The maximum Gasteiger partial charge on any atom is 0.271 e. The molecule has 20 heavy (non-hydrogen) atoms. The molecule has 1 aromatic heterocycles. The molecule has 6 heteroatoms. The van der Waals surface area contributed by atoms with E-state index in [1.54, 1.807) is 12.1 Å². The largest absolute Gasteiger partial charge is 0.364 e. The molecule has 0 saturated heterocycles. The summed E-state index contributed by atoms with van der Waals surface area (Å²) in [4.78, 5) is 11.5. The summed E-state index contributed by atoms with van der Waals surface area (Å²) >= 11 is 6.06. The summed E-state index contributed by atoms with van der Waals surface area (Å²) in [5, 5.41) is 14.3. The van der Waals surface area contributed by atoms with Crippen LogP contribution in [0.3, 0.4) is 0 Å². The monoisotopic (exact) mass is 290 g/mol. The molecular weight excluding hydrogens is 276 g/mol. The Balaban J connectivity index is 1.98. The molecule has 0 aliphatic carbocycles. The fourth-order valence-electron chi connectivity index (χ4n) is 1.63. The van der Waals surface area contributed by atoms with Crippen LogP contribution < -0.4 is 10.6 Å². The Morgan fingerprint density at radius 2 is 2.00 bits per heavy atom. The Hall–Kier alpha value is -2.14. The first-order valence-electron chi connectivity index (χ1n) is 6.30. The molecule has 0 aliphatic rings. The molecule has 0 radical (unpaired) electrons. The van der Waals surface area contributed by atoms with Crippen molar-refractivity contribution in [2.24, 2.45) is 0 Å². The maximum absolute atomic E-state index is 11.5. The third kappa shape index (κ3) is 3.68. The van der Waals surface area contributed by atoms with Gasteiger partial charge in [-0.25, -0.2) is 0 Å². The minimum atomic E-state index is -0.224. The number of anilines is 1. The van der Waals surface area contributed by atoms with E-state index in [-0.39, 0.29) is 5.91 Å². The number of rotatable bonds is 5. The number of halogens is 1. The van der Waals surface area contributed by atoms with Gasteiger partial charge in [0, 0.05) is 18.1 Å². The topological polar surface area (TPSA) is 66.9 Å². The van der Waals surface area contributed by atoms with Gasteiger partial charge in [-0.3, -0.25) is 4.79 Å². The van der Waals surface area contributed by atoms with Crippen LogP contribution in [0.5, 0.6) is 0 Å². The van der Waals surface area contributed by atoms with Gasteiger partial charge < -0.3 is 10.6 Å². The summed E-state index contributed by atoms with van der Waals surface area (Å²) in [5.41, 5.74) is 1.28. The molecule has 1 aromatic carbocycles. The standard InChI is InChI=1S/C14H15ClN4O/c1-2-16-14(20)12-7-8-13(19-18-12)17-9-10-5-3-4-6-11(10)15/h3-8H,2,9H2,1H3,(H,16,20)(H,17,19). The lowest BCUT2D eigenvalue weighted by Gasteiger charge is -2.07. The predicted molar refractivity (Wildman–Crippen MR) is 78.8 cm³/mol. The molecule has 1 amide bonds. The van der Waals surface area contributed by atoms with Crippen molar-refractivity contribution in [1.82, 2.24) is 15.5 Å². The average molecular weight is 291 g/mol. The fraction of sp³-hybridized carbons (Fsp3) is 0.214. The third-order valence-corrected chi connectivity index (χ3v) is 3.02. The normalized spacial score (nSPS) is 10.1. The van der Waals surface area contributed by atoms with Crippen molar-refractivity contribution in [3.8, 4) is 0 Å². The second kappa shape index (κ2) is 6.86. The molecule has 2 aromatic rings. The molecule has 0 fully saturated rings. The van der Waals surface area contributed by atoms with E-state index < -0.39 is 0 Å². The lowest BCUT2D eigenvalue weighted by atomic mass is 10.2. The van der Waals surface area contributed by atoms with Crippen molar-refractivity contribution in [2.45, 2.75) is 13.5 Å². The predicted octanol–water partition coefficient (Wildman–Crippen LogP) is 2.49. The van der Waals surface area contributed by atoms with Crippen LogP contribution in [0.4, 0.5) is 5.82 Å². The van der Waals surface area contributed by atoms with Crippen molar-refractivity contribution in [3.63, 3.8) is 0 Å². The van der Waals surface area contributed by atoms with Gasteiger partial charge in [0.1, 0.15) is 5.82 Å². The van der Waals surface area contributed by atoms with E-state index in [4.69, 9.17) is 11.6 Å². The number of aromatic nitrogens is 2. The first kappa shape index (κ1) is 14.3. The van der Waals surface area contributed by atoms with Crippen molar-refractivity contribution >= 4 is 23.3 Å². The highest BCUT2D eigenvalue weighted by Gasteiger charge is 2.06. The van der Waals surface area contributed by atoms with Crippen LogP contribution >= 0.6 is 11.6 Å². The van der Waals surface area contributed by atoms with Crippen LogP contribution in [0.1, 0.15) is 23.0 Å². The Kier molecular flexibility index (Phi) is 4.90. The van der Waals surface area contributed by atoms with Gasteiger partial charge in [0.2, 0.25) is 0 Å². The highest BCUT2D eigenvalue weighted by atomic mass is 35.5. The lowest BCUT2D eigenvalue weighted by molar-refractivity contribution is 0.0950. The lowest BCUT2D eigenvalue weighted by Crippen LogP contribution is -2.24. The van der Waals surface area contributed by atoms with Gasteiger partial charge in [-0.15, -0.1) is 10.2 Å². The van der Waals surface area contributed by atoms with Crippen LogP contribution in [0.15, 0.2) is 36.4 Å². The minimum absolute atomic E-state index is 0.224. The smallest absolute Gasteiger partial charge is 0.271 e. The molecule has 1 heterocycles. The van der Waals surface area contributed by atoms with E-state index in [0.717, 1.165) is 5.56 Å². The number of carbonyl (C=O) groups excluding carboxylic acids is 1. The number of benzene rings is 1. The van der Waals surface area contributed by atoms with Gasteiger partial charge in [-0.1, -0.05) is 29.8 Å². The van der Waals surface area contributed by atoms with Crippen LogP contribution in [-0.2, 0) is 6.54 Å². The Bertz CT molecular complexity index is 586. The molecule has 2 rings (SSSR count). The van der Waals surface area contributed by atoms with E-state index in [1.165, 1.54) is 0 Å². The Labute approximate surface area is 122 Å². The van der Waals surface area contributed by atoms with Crippen molar-refractivity contribution in [2.75, 3.05) is 11.9 Å². The van der Waals surface area contributed by atoms with Gasteiger partial charge in [0.25, 0.3) is 5.91 Å². The number of carbonyl (C=O) groups is 1. The molecule has 2 N–H and O–H groups in total. The summed E-state index contributed by atoms with van der Waals surface area (Å²) in [6, 6.07) is 10.9. The third-order valence-electron chi connectivity index (χ3n) is 2.65. The molecule has 0 saturated carbocycles. The van der Waals surface area contributed by atoms with Crippen LogP contribution in [-0.4, -0.2) is 22.6 Å². The fourth-order valence-corrected chi connectivity index (χ4v) is 1.83. The minimum Gasteiger partial charge on any atom is -0.364 e. The molecule has 5 nitrogen and oxygen atoms in total. The van der Waals surface area contributed by atoms with Gasteiger partial charge in [0.15, 0.2) is 5.69 Å². The van der Waals surface area contributed by atoms with E-state index in [1.807, 2.05) is 31.2 Å². The van der Waals surface area contributed by atoms with Crippen molar-refractivity contribution in [3.05, 3.63) is 52.7 Å². The molecular formula is C14H15ClN4O. The molecule has 0 aliphatic heterocycles. The quantitative estimate of drug-likeness (QED) is 0.888. The van der Waals surface area contributed by atoms with Gasteiger partial charge in [0.05, 0.1) is 0 Å². The van der Waals surface area contributed by atoms with Gasteiger partial charge in [-0.2, -0.15) is 0 Å². The summed E-state index contributed by atoms with van der Waals surface area (Å²) < 4.78 is 0. The van der Waals surface area contributed by atoms with Crippen molar-refractivity contribution < 1.29 is 4.79 Å². The van der Waals surface area contributed by atoms with E-state index in [0.29, 0.717) is 29.6 Å². The zero-order valence-electron chi connectivity index (χ0n) is 11.1. The molecule has 0 spiro atoms. The number of nitrogens with zero attached hydrogens (tertiary/aromatic N) is 2. The maximum atomic E-state index is 11.5. The average Bonchev–Trinajstić information content (AvgIpc) is 2.47. The zero-order valence-corrected chi connectivity index (χ0v) is 11.8. The van der Waals surface area contributed by atoms with Crippen molar-refractivity contribution in [1.29, 1.82) is 0 Å². The summed E-state index contributed by atoms with van der Waals surface area (Å²) in [7, 11) is 0. The summed E-state index contributed by atoms with van der Waals surface area (Å²) in [6.45, 7) is 2.97. The number of amides is 1. The van der Waals surface area contributed by atoms with E-state index in [2.05, 4.69) is 20.8 Å². The van der Waals surface area contributed by atoms with E-state index in [9.17, 15) is 4.79 Å². The van der Waals surface area contributed by atoms with Crippen LogP contribution in [0, 0.1) is 0 Å². The second-order valence-corrected chi connectivity index (χ2v) is 4.52. The summed E-state index contributed by atoms with van der Waals surface area (Å²) in [6.07, 6.45) is 0. The first-order valence-corrected chi connectivity index (χ1v) is 6.67. The van der Waals surface area contributed by atoms with Crippen LogP contribution in [0.2, 0.25) is 5.02 Å². The SMILES string of the molecule is CCNC(=O)c1ccc(NCc2ccccc2Cl)nn1. The first-order chi connectivity index (χ1) is 9.70. The number of nitrogens with one attached hydrogen (secondary N) is 2. The second-order valence-electron chi connectivity index (χ2n) is 4.11. The number of hydrogen-bond acceptors (Lipinski definition) is 4. The molecule has 0 bridgehead atoms. The van der Waals surface area contributed by atoms with Gasteiger partial charge in [-0.05, 0) is 30.7 Å².